The van der Waals surface area contributed by atoms with Gasteiger partial charge in [-0.2, -0.15) is 0 Å². The van der Waals surface area contributed by atoms with E-state index in [0.29, 0.717) is 18.9 Å². The zero-order valence-electron chi connectivity index (χ0n) is 9.45. The van der Waals surface area contributed by atoms with E-state index in [4.69, 9.17) is 5.11 Å². The molecule has 16 heavy (non-hydrogen) atoms. The fraction of sp³-hybridized carbons (Fsp3) is 0.833. The van der Waals surface area contributed by atoms with Crippen LogP contribution in [0.1, 0.15) is 38.5 Å². The Labute approximate surface area is 95.4 Å². The fourth-order valence-electron chi connectivity index (χ4n) is 2.51. The average Bonchev–Trinajstić information content (AvgIpc) is 2.91. The Hall–Kier alpha value is -1.06. The predicted molar refractivity (Wildman–Crippen MR) is 58.8 cm³/mol. The van der Waals surface area contributed by atoms with Gasteiger partial charge in [-0.1, -0.05) is 6.42 Å². The average molecular weight is 225 g/mol. The minimum absolute atomic E-state index is 0.0959. The summed E-state index contributed by atoms with van der Waals surface area (Å²) in [4.78, 5) is 22.4. The van der Waals surface area contributed by atoms with Gasteiger partial charge in [0.15, 0.2) is 0 Å². The molecule has 2 atom stereocenters. The van der Waals surface area contributed by atoms with Crippen molar-refractivity contribution in [3.05, 3.63) is 0 Å². The van der Waals surface area contributed by atoms with Crippen LogP contribution in [0.5, 0.6) is 0 Å². The summed E-state index contributed by atoms with van der Waals surface area (Å²) in [6.07, 6.45) is 5.65. The molecule has 0 aromatic rings. The predicted octanol–water partition coefficient (Wildman–Crippen LogP) is 1.40. The molecule has 2 unspecified atom stereocenters. The molecule has 0 aromatic heterocycles. The first-order valence-corrected chi connectivity index (χ1v) is 6.16. The summed E-state index contributed by atoms with van der Waals surface area (Å²) in [5, 5.41) is 11.9. The van der Waals surface area contributed by atoms with Crippen LogP contribution in [0.25, 0.3) is 0 Å². The highest BCUT2D eigenvalue weighted by Gasteiger charge is 2.33. The number of nitrogens with one attached hydrogen (secondary N) is 1. The monoisotopic (exact) mass is 225 g/mol. The molecule has 1 amide bonds. The van der Waals surface area contributed by atoms with Gasteiger partial charge in [0.2, 0.25) is 5.91 Å². The van der Waals surface area contributed by atoms with Gasteiger partial charge >= 0.3 is 5.97 Å². The molecule has 0 aliphatic heterocycles. The smallest absolute Gasteiger partial charge is 0.306 e. The highest BCUT2D eigenvalue weighted by molar-refractivity contribution is 5.76. The van der Waals surface area contributed by atoms with Gasteiger partial charge < -0.3 is 10.4 Å². The SMILES string of the molecule is O=C(CC1CC1)NCC1CCCC1C(=O)O. The van der Waals surface area contributed by atoms with Crippen molar-refractivity contribution in [1.82, 2.24) is 5.32 Å². The Morgan fingerprint density at radius 2 is 1.94 bits per heavy atom. The molecule has 2 saturated carbocycles. The van der Waals surface area contributed by atoms with Crippen molar-refractivity contribution in [2.24, 2.45) is 17.8 Å². The summed E-state index contributed by atoms with van der Waals surface area (Å²) >= 11 is 0. The first-order chi connectivity index (χ1) is 7.66. The van der Waals surface area contributed by atoms with Crippen LogP contribution in [-0.2, 0) is 9.59 Å². The van der Waals surface area contributed by atoms with E-state index in [2.05, 4.69) is 5.32 Å². The van der Waals surface area contributed by atoms with E-state index in [1.54, 1.807) is 0 Å². The van der Waals surface area contributed by atoms with Gasteiger partial charge in [0.25, 0.3) is 0 Å². The molecule has 90 valence electrons. The highest BCUT2D eigenvalue weighted by Crippen LogP contribution is 2.33. The van der Waals surface area contributed by atoms with Gasteiger partial charge in [-0.15, -0.1) is 0 Å². The summed E-state index contributed by atoms with van der Waals surface area (Å²) in [6.45, 7) is 0.544. The number of carbonyl (C=O) groups is 2. The second kappa shape index (κ2) is 4.85. The largest absolute Gasteiger partial charge is 0.481 e. The molecular weight excluding hydrogens is 206 g/mol. The van der Waals surface area contributed by atoms with Crippen LogP contribution in [0.2, 0.25) is 0 Å². The van der Waals surface area contributed by atoms with Gasteiger partial charge in [-0.3, -0.25) is 9.59 Å². The Kier molecular flexibility index (Phi) is 3.46. The second-order valence-electron chi connectivity index (χ2n) is 5.09. The Morgan fingerprint density at radius 3 is 2.56 bits per heavy atom. The molecule has 4 heteroatoms. The van der Waals surface area contributed by atoms with E-state index in [9.17, 15) is 9.59 Å². The first-order valence-electron chi connectivity index (χ1n) is 6.16. The third-order valence-electron chi connectivity index (χ3n) is 3.71. The maximum atomic E-state index is 11.5. The van der Waals surface area contributed by atoms with E-state index in [1.807, 2.05) is 0 Å². The number of carboxylic acid groups (broad SMARTS) is 1. The van der Waals surface area contributed by atoms with Crippen molar-refractivity contribution in [3.8, 4) is 0 Å². The van der Waals surface area contributed by atoms with Crippen molar-refractivity contribution in [1.29, 1.82) is 0 Å². The lowest BCUT2D eigenvalue weighted by Gasteiger charge is -2.16. The minimum Gasteiger partial charge on any atom is -0.481 e. The van der Waals surface area contributed by atoms with E-state index >= 15 is 0 Å². The van der Waals surface area contributed by atoms with Crippen LogP contribution < -0.4 is 5.32 Å². The van der Waals surface area contributed by atoms with Gasteiger partial charge in [0.1, 0.15) is 0 Å². The molecule has 2 aliphatic carbocycles. The summed E-state index contributed by atoms with van der Waals surface area (Å²) in [6, 6.07) is 0. The number of aliphatic carboxylic acids is 1. The van der Waals surface area contributed by atoms with Crippen molar-refractivity contribution in [3.63, 3.8) is 0 Å². The van der Waals surface area contributed by atoms with Gasteiger partial charge in [0.05, 0.1) is 5.92 Å². The number of rotatable bonds is 5. The molecule has 0 heterocycles. The normalized spacial score (nSPS) is 29.0. The molecule has 4 nitrogen and oxygen atoms in total. The second-order valence-corrected chi connectivity index (χ2v) is 5.09. The third-order valence-corrected chi connectivity index (χ3v) is 3.71. The Morgan fingerprint density at radius 1 is 1.19 bits per heavy atom. The lowest BCUT2D eigenvalue weighted by molar-refractivity contribution is -0.143. The van der Waals surface area contributed by atoms with Gasteiger partial charge in [-0.25, -0.2) is 0 Å². The molecule has 0 radical (unpaired) electrons. The summed E-state index contributed by atoms with van der Waals surface area (Å²) in [5.74, 6) is -0.127. The Balaban J connectivity index is 1.71. The lowest BCUT2D eigenvalue weighted by Crippen LogP contribution is -2.33. The van der Waals surface area contributed by atoms with E-state index < -0.39 is 5.97 Å². The van der Waals surface area contributed by atoms with Crippen LogP contribution in [0.4, 0.5) is 0 Å². The van der Waals surface area contributed by atoms with Gasteiger partial charge in [-0.05, 0) is 37.5 Å². The van der Waals surface area contributed by atoms with E-state index in [1.165, 1.54) is 12.8 Å². The maximum absolute atomic E-state index is 11.5. The maximum Gasteiger partial charge on any atom is 0.306 e. The standard InChI is InChI=1S/C12H19NO3/c14-11(6-8-4-5-8)13-7-9-2-1-3-10(9)12(15)16/h8-10H,1-7H2,(H,13,14)(H,15,16). The Bertz CT molecular complexity index is 286. The number of amides is 1. The van der Waals surface area contributed by atoms with Crippen molar-refractivity contribution in [2.75, 3.05) is 6.54 Å². The van der Waals surface area contributed by atoms with Crippen LogP contribution >= 0.6 is 0 Å². The molecule has 2 fully saturated rings. The van der Waals surface area contributed by atoms with Crippen LogP contribution in [0.3, 0.4) is 0 Å². The molecule has 0 bridgehead atoms. The van der Waals surface area contributed by atoms with Crippen molar-refractivity contribution < 1.29 is 14.7 Å². The fourth-order valence-corrected chi connectivity index (χ4v) is 2.51. The topological polar surface area (TPSA) is 66.4 Å². The van der Waals surface area contributed by atoms with E-state index in [-0.39, 0.29) is 17.7 Å². The summed E-state index contributed by atoms with van der Waals surface area (Å²) in [7, 11) is 0. The molecular formula is C12H19NO3. The van der Waals surface area contributed by atoms with Crippen molar-refractivity contribution >= 4 is 11.9 Å². The molecule has 2 rings (SSSR count). The summed E-state index contributed by atoms with van der Waals surface area (Å²) in [5.41, 5.74) is 0. The zero-order chi connectivity index (χ0) is 11.5. The molecule has 0 aromatic carbocycles. The number of hydrogen-bond acceptors (Lipinski definition) is 2. The molecule has 0 spiro atoms. The van der Waals surface area contributed by atoms with Gasteiger partial charge in [0, 0.05) is 13.0 Å². The van der Waals surface area contributed by atoms with Crippen LogP contribution in [0.15, 0.2) is 0 Å². The zero-order valence-corrected chi connectivity index (χ0v) is 9.45. The first kappa shape index (κ1) is 11.4. The van der Waals surface area contributed by atoms with E-state index in [0.717, 1.165) is 19.3 Å². The number of carbonyl (C=O) groups excluding carboxylic acids is 1. The highest BCUT2D eigenvalue weighted by atomic mass is 16.4. The molecule has 2 N–H and O–H groups in total. The summed E-state index contributed by atoms with van der Waals surface area (Å²) < 4.78 is 0. The number of carboxylic acids is 1. The van der Waals surface area contributed by atoms with Crippen LogP contribution in [0, 0.1) is 17.8 Å². The molecule has 0 saturated heterocycles. The molecule has 2 aliphatic rings. The number of hydrogen-bond donors (Lipinski definition) is 2. The lowest BCUT2D eigenvalue weighted by atomic mass is 9.96. The third kappa shape index (κ3) is 2.97. The minimum atomic E-state index is -0.709. The van der Waals surface area contributed by atoms with Crippen molar-refractivity contribution in [2.45, 2.75) is 38.5 Å². The quantitative estimate of drug-likeness (QED) is 0.743. The van der Waals surface area contributed by atoms with Crippen LogP contribution in [-0.4, -0.2) is 23.5 Å².